The van der Waals surface area contributed by atoms with Crippen LogP contribution in [-0.4, -0.2) is 220 Å². The number of aliphatic hydroxyl groups excluding tert-OH is 12. The molecule has 28 heteroatoms. The number of rotatable bonds is 18. The average Bonchev–Trinajstić information content (AvgIpc) is 3.03. The number of aliphatic hydroxyl groups is 15. The molecule has 0 aliphatic heterocycles. The molecule has 0 rings (SSSR count). The Bertz CT molecular complexity index is 772. The van der Waals surface area contributed by atoms with Gasteiger partial charge in [0, 0.05) is 0 Å². The third-order valence-corrected chi connectivity index (χ3v) is 5.21. The van der Waals surface area contributed by atoms with E-state index in [1.54, 1.807) is 0 Å². The molecule has 0 radical (unpaired) electrons. The van der Waals surface area contributed by atoms with Gasteiger partial charge in [-0.15, -0.1) is 0 Å². The molecule has 0 aliphatic carbocycles. The van der Waals surface area contributed by atoms with E-state index < -0.39 is 110 Å². The summed E-state index contributed by atoms with van der Waals surface area (Å²) in [6.07, 6.45) is -20.4. The van der Waals surface area contributed by atoms with Crippen molar-refractivity contribution in [3.05, 3.63) is 0 Å². The Hall–Kier alpha value is -1.90. The van der Waals surface area contributed by atoms with E-state index >= 15 is 0 Å². The first-order valence-electron chi connectivity index (χ1n) is 11.2. The molecule has 0 aliphatic rings. The standard InChI is InChI=1S/3C6H12O9.Al/c3*7-1-2(8)3(9)4(10)6(13,15-14)5(11)12;/h3*2-4,7-10,13-14H,1H2,(H,11,12);/q;;;+3/p-3/t3*2-,3-,4+,6-;/m111./s1. The smallest absolute Gasteiger partial charge is 0.544 e. The minimum atomic E-state index is -3.60. The molecular formula is C18H33AlO27. The van der Waals surface area contributed by atoms with Crippen LogP contribution in [0.5, 0.6) is 0 Å². The van der Waals surface area contributed by atoms with Gasteiger partial charge in [-0.2, -0.15) is 14.7 Å². The van der Waals surface area contributed by atoms with Crippen molar-refractivity contribution in [2.45, 2.75) is 72.3 Å². The van der Waals surface area contributed by atoms with Gasteiger partial charge in [-0.3, -0.25) is 0 Å². The number of aliphatic carboxylic acids is 3. The first-order chi connectivity index (χ1) is 20.4. The number of hydrogen-bond acceptors (Lipinski definition) is 27. The van der Waals surface area contributed by atoms with Gasteiger partial charge >= 0.3 is 17.4 Å². The number of carboxylic acid groups (broad SMARTS) is 3. The van der Waals surface area contributed by atoms with Crippen molar-refractivity contribution < 1.29 is 137 Å². The Balaban J connectivity index is -0.000000285. The summed E-state index contributed by atoms with van der Waals surface area (Å²) in [4.78, 5) is 39.9. The van der Waals surface area contributed by atoms with Gasteiger partial charge in [0.25, 0.3) is 17.4 Å². The van der Waals surface area contributed by atoms with Gasteiger partial charge in [-0.1, -0.05) is 0 Å². The maximum absolute atomic E-state index is 10.2. The number of hydrogen-bond donors (Lipinski definition) is 18. The first-order valence-corrected chi connectivity index (χ1v) is 11.2. The minimum absolute atomic E-state index is 0. The summed E-state index contributed by atoms with van der Waals surface area (Å²) in [6, 6.07) is 0. The predicted molar refractivity (Wildman–Crippen MR) is 122 cm³/mol. The number of carboxylic acids is 3. The van der Waals surface area contributed by atoms with Crippen LogP contribution in [0.3, 0.4) is 0 Å². The van der Waals surface area contributed by atoms with Crippen molar-refractivity contribution in [3.8, 4) is 0 Å². The second-order valence-electron chi connectivity index (χ2n) is 8.28. The van der Waals surface area contributed by atoms with Crippen molar-refractivity contribution >= 4 is 35.3 Å². The Morgan fingerprint density at radius 1 is 0.478 bits per heavy atom. The molecule has 0 aromatic rings. The van der Waals surface area contributed by atoms with E-state index in [0.29, 0.717) is 0 Å². The third-order valence-electron chi connectivity index (χ3n) is 5.21. The molecule has 46 heavy (non-hydrogen) atoms. The van der Waals surface area contributed by atoms with Gasteiger partial charge in [0.05, 0.1) is 19.8 Å². The summed E-state index contributed by atoms with van der Waals surface area (Å²) in [6.45, 7) is -3.02. The van der Waals surface area contributed by atoms with Crippen LogP contribution in [0.25, 0.3) is 0 Å². The van der Waals surface area contributed by atoms with Gasteiger partial charge in [0.2, 0.25) is 0 Å². The topological polar surface area (TPSA) is 512 Å². The van der Waals surface area contributed by atoms with Crippen molar-refractivity contribution in [3.63, 3.8) is 0 Å². The zero-order valence-corrected chi connectivity index (χ0v) is 23.8. The van der Waals surface area contributed by atoms with E-state index in [1.807, 2.05) is 0 Å². The molecule has 12 atom stereocenters. The first kappa shape index (κ1) is 50.9. The van der Waals surface area contributed by atoms with E-state index in [4.69, 9.17) is 92.4 Å². The molecular weight excluding hydrogens is 675 g/mol. The van der Waals surface area contributed by atoms with Crippen LogP contribution < -0.4 is 15.3 Å². The van der Waals surface area contributed by atoms with Crippen LogP contribution >= 0.6 is 0 Å². The van der Waals surface area contributed by atoms with Crippen molar-refractivity contribution in [1.82, 2.24) is 0 Å². The van der Waals surface area contributed by atoms with Crippen LogP contribution in [0.2, 0.25) is 0 Å². The maximum atomic E-state index is 10.2. The quantitative estimate of drug-likeness (QED) is 0.0272. The van der Waals surface area contributed by atoms with E-state index in [9.17, 15) is 29.7 Å². The Morgan fingerprint density at radius 2 is 0.630 bits per heavy atom. The van der Waals surface area contributed by atoms with E-state index in [1.165, 1.54) is 0 Å². The Morgan fingerprint density at radius 3 is 0.717 bits per heavy atom. The molecule has 270 valence electrons. The zero-order valence-electron chi connectivity index (χ0n) is 22.6. The normalized spacial score (nSPS) is 21.0. The van der Waals surface area contributed by atoms with Crippen LogP contribution in [0, 0.1) is 0 Å². The van der Waals surface area contributed by atoms with Gasteiger partial charge in [0.1, 0.15) is 72.8 Å². The van der Waals surface area contributed by atoms with Crippen LogP contribution in [-0.2, 0) is 29.0 Å². The summed E-state index contributed by atoms with van der Waals surface area (Å²) in [5.74, 6) is -18.1. The molecule has 0 saturated carbocycles. The van der Waals surface area contributed by atoms with Crippen LogP contribution in [0.1, 0.15) is 0 Å². The van der Waals surface area contributed by atoms with E-state index in [-0.39, 0.29) is 17.4 Å². The summed E-state index contributed by atoms with van der Waals surface area (Å²) in [7, 11) is 0. The predicted octanol–water partition coefficient (Wildman–Crippen LogP) is -15.4. The fourth-order valence-electron chi connectivity index (χ4n) is 2.29. The fourth-order valence-corrected chi connectivity index (χ4v) is 2.29. The van der Waals surface area contributed by atoms with Crippen molar-refractivity contribution in [1.29, 1.82) is 0 Å². The van der Waals surface area contributed by atoms with Gasteiger partial charge < -0.3 is 106 Å². The zero-order chi connectivity index (χ0) is 36.7. The maximum Gasteiger partial charge on any atom is 3.00 e. The number of carbonyl (C=O) groups is 3. The van der Waals surface area contributed by atoms with Gasteiger partial charge in [-0.05, 0) is 0 Å². The average molecular weight is 708 g/mol. The molecule has 0 bridgehead atoms. The van der Waals surface area contributed by atoms with Crippen LogP contribution in [0.15, 0.2) is 0 Å². The minimum Gasteiger partial charge on any atom is -0.544 e. The van der Waals surface area contributed by atoms with E-state index in [0.717, 1.165) is 0 Å². The molecule has 0 amide bonds. The van der Waals surface area contributed by atoms with Crippen LogP contribution in [0.4, 0.5) is 0 Å². The van der Waals surface area contributed by atoms with E-state index in [2.05, 4.69) is 14.7 Å². The van der Waals surface area contributed by atoms with Crippen molar-refractivity contribution in [2.75, 3.05) is 19.8 Å². The molecule has 0 unspecified atom stereocenters. The number of carbonyl (C=O) groups excluding carboxylic acids is 3. The molecule has 0 aromatic heterocycles. The summed E-state index contributed by atoms with van der Waals surface area (Å²) in [5, 5.41) is 187. The molecule has 0 aromatic carbocycles. The fraction of sp³-hybridized carbons (Fsp3) is 0.833. The third kappa shape index (κ3) is 13.3. The molecule has 0 spiro atoms. The van der Waals surface area contributed by atoms with Gasteiger partial charge in [-0.25, -0.2) is 15.8 Å². The summed E-state index contributed by atoms with van der Waals surface area (Å²) in [5.41, 5.74) is 0. The summed E-state index contributed by atoms with van der Waals surface area (Å²) >= 11 is 0. The molecule has 0 saturated heterocycles. The molecule has 18 N–H and O–H groups in total. The SMILES string of the molecule is O=C([O-])[C@](O)(OO)[C@@H](O)[C@H](O)[C@H](O)CO.O=C([O-])[C@](O)(OO)[C@@H](O)[C@H](O)[C@H](O)CO.O=C([O-])[C@](O)(OO)[C@@H](O)[C@H](O)[C@H](O)CO.[Al+3]. The Kier molecular flexibility index (Phi) is 25.1. The van der Waals surface area contributed by atoms with Crippen molar-refractivity contribution in [2.24, 2.45) is 0 Å². The largest absolute Gasteiger partial charge is 3.00 e. The molecule has 27 nitrogen and oxygen atoms in total. The Labute approximate surface area is 264 Å². The monoisotopic (exact) mass is 708 g/mol. The second-order valence-corrected chi connectivity index (χ2v) is 8.28. The molecule has 0 fully saturated rings. The summed E-state index contributed by atoms with van der Waals surface area (Å²) < 4.78 is 0. The van der Waals surface area contributed by atoms with Gasteiger partial charge in [0.15, 0.2) is 0 Å². The molecule has 0 heterocycles. The second kappa shape index (κ2) is 22.6.